The van der Waals surface area contributed by atoms with Gasteiger partial charge in [0.15, 0.2) is 0 Å². The third-order valence-corrected chi connectivity index (χ3v) is 9.01. The van der Waals surface area contributed by atoms with Crippen LogP contribution in [0.25, 0.3) is 10.9 Å². The molecule has 3 N–H and O–H groups in total. The summed E-state index contributed by atoms with van der Waals surface area (Å²) < 4.78 is 13.5. The number of rotatable bonds is 5. The number of benzene rings is 2. The number of β-amino-alcohol motifs (C(OH)–C–C–N with tert-alkyl or cyclic N) is 1. The molecule has 7 heteroatoms. The highest BCUT2D eigenvalue weighted by molar-refractivity contribution is 5.98. The molecule has 3 aliphatic rings. The van der Waals surface area contributed by atoms with Gasteiger partial charge in [-0.25, -0.2) is 4.39 Å². The van der Waals surface area contributed by atoms with E-state index in [0.717, 1.165) is 75.9 Å². The zero-order chi connectivity index (χ0) is 25.5. The molecule has 0 bridgehead atoms. The van der Waals surface area contributed by atoms with Crippen molar-refractivity contribution in [2.24, 2.45) is 11.8 Å². The van der Waals surface area contributed by atoms with E-state index in [1.54, 1.807) is 12.1 Å². The number of para-hydroxylation sites is 1. The maximum Gasteiger partial charge on any atom is 0.270 e. The van der Waals surface area contributed by atoms with E-state index in [9.17, 15) is 14.3 Å². The lowest BCUT2D eigenvalue weighted by Crippen LogP contribution is -2.47. The summed E-state index contributed by atoms with van der Waals surface area (Å²) in [6.07, 6.45) is 3.85. The van der Waals surface area contributed by atoms with E-state index >= 15 is 0 Å². The van der Waals surface area contributed by atoms with Crippen LogP contribution in [0.15, 0.2) is 42.5 Å². The number of nitrogens with zero attached hydrogens (tertiary/aromatic N) is 2. The fraction of sp³-hybridized carbons (Fsp3) is 0.500. The van der Waals surface area contributed by atoms with Crippen molar-refractivity contribution in [2.45, 2.75) is 44.6 Å². The number of hydrogen-bond donors (Lipinski definition) is 3. The Hall–Kier alpha value is -2.90. The molecule has 37 heavy (non-hydrogen) atoms. The number of hydrogen-bond acceptors (Lipinski definition) is 4. The van der Waals surface area contributed by atoms with Crippen molar-refractivity contribution in [1.82, 2.24) is 14.8 Å². The number of H-pyrrole nitrogens is 1. The second-order valence-electron chi connectivity index (χ2n) is 11.3. The summed E-state index contributed by atoms with van der Waals surface area (Å²) in [6.45, 7) is 7.39. The number of aromatic amines is 1. The number of fused-ring (bicyclic) bond motifs is 2. The molecule has 0 radical (unpaired) electrons. The molecule has 3 aliphatic heterocycles. The number of amides is 1. The van der Waals surface area contributed by atoms with Crippen LogP contribution in [0.2, 0.25) is 0 Å². The van der Waals surface area contributed by atoms with Crippen LogP contribution in [0.4, 0.5) is 10.1 Å². The molecule has 196 valence electrons. The van der Waals surface area contributed by atoms with Gasteiger partial charge in [0, 0.05) is 48.7 Å². The van der Waals surface area contributed by atoms with Gasteiger partial charge < -0.3 is 25.2 Å². The van der Waals surface area contributed by atoms with Crippen molar-refractivity contribution in [1.29, 1.82) is 0 Å². The van der Waals surface area contributed by atoms with Crippen molar-refractivity contribution >= 4 is 22.5 Å². The summed E-state index contributed by atoms with van der Waals surface area (Å²) in [5, 5.41) is 15.4. The first-order chi connectivity index (χ1) is 18.0. The van der Waals surface area contributed by atoms with Gasteiger partial charge in [0.05, 0.1) is 6.10 Å². The quantitative estimate of drug-likeness (QED) is 0.469. The summed E-state index contributed by atoms with van der Waals surface area (Å²) in [4.78, 5) is 20.5. The molecule has 0 aliphatic carbocycles. The fourth-order valence-corrected chi connectivity index (χ4v) is 6.81. The highest BCUT2D eigenvalue weighted by atomic mass is 19.1. The molecule has 0 saturated carbocycles. The van der Waals surface area contributed by atoms with E-state index in [-0.39, 0.29) is 17.8 Å². The van der Waals surface area contributed by atoms with Crippen molar-refractivity contribution in [2.75, 3.05) is 44.6 Å². The van der Waals surface area contributed by atoms with Gasteiger partial charge in [-0.2, -0.15) is 0 Å². The maximum atomic E-state index is 13.5. The average Bonchev–Trinajstić information content (AvgIpc) is 3.52. The molecule has 2 aromatic carbocycles. The molecule has 2 fully saturated rings. The molecule has 3 aromatic rings. The van der Waals surface area contributed by atoms with Crippen LogP contribution in [0.3, 0.4) is 0 Å². The number of carbonyl (C=O) groups is 1. The minimum absolute atomic E-state index is 0.00146. The summed E-state index contributed by atoms with van der Waals surface area (Å²) >= 11 is 0. The molecule has 2 saturated heterocycles. The lowest BCUT2D eigenvalue weighted by Gasteiger charge is -2.39. The van der Waals surface area contributed by atoms with Crippen LogP contribution in [0.5, 0.6) is 0 Å². The van der Waals surface area contributed by atoms with Crippen molar-refractivity contribution in [3.8, 4) is 0 Å². The molecule has 6 nitrogen and oxygen atoms in total. The Kier molecular flexibility index (Phi) is 6.67. The zero-order valence-electron chi connectivity index (χ0n) is 21.5. The Morgan fingerprint density at radius 1 is 1.11 bits per heavy atom. The van der Waals surface area contributed by atoms with Crippen LogP contribution in [0.1, 0.15) is 53.2 Å². The van der Waals surface area contributed by atoms with Gasteiger partial charge in [-0.05, 0) is 92.9 Å². The van der Waals surface area contributed by atoms with E-state index in [1.807, 2.05) is 4.90 Å². The summed E-state index contributed by atoms with van der Waals surface area (Å²) in [5.74, 6) is 1.01. The number of piperidine rings is 2. The number of anilines is 1. The minimum atomic E-state index is -0.295. The lowest BCUT2D eigenvalue weighted by atomic mass is 9.79. The van der Waals surface area contributed by atoms with Gasteiger partial charge in [-0.1, -0.05) is 18.2 Å². The second-order valence-corrected chi connectivity index (χ2v) is 11.3. The molecular weight excluding hydrogens is 467 g/mol. The predicted octanol–water partition coefficient (Wildman–Crippen LogP) is 4.75. The van der Waals surface area contributed by atoms with Crippen LogP contribution in [-0.2, 0) is 0 Å². The van der Waals surface area contributed by atoms with Crippen molar-refractivity contribution < 1.29 is 14.3 Å². The Labute approximate surface area is 217 Å². The van der Waals surface area contributed by atoms with Gasteiger partial charge in [0.25, 0.3) is 5.91 Å². The van der Waals surface area contributed by atoms with Gasteiger partial charge in [-0.15, -0.1) is 0 Å². The van der Waals surface area contributed by atoms with Gasteiger partial charge >= 0.3 is 0 Å². The van der Waals surface area contributed by atoms with E-state index in [0.29, 0.717) is 23.4 Å². The largest absolute Gasteiger partial charge is 0.391 e. The van der Waals surface area contributed by atoms with E-state index in [1.165, 1.54) is 28.9 Å². The number of aromatic nitrogens is 1. The lowest BCUT2D eigenvalue weighted by molar-refractivity contribution is 0.00975. The SMILES string of the molecule is Cc1cccc2c1NCC2[C@H]1CCN(CCC2CCN(C(=O)c3cc4cc(F)ccc4[nH]3)CC2)CC1O. The number of carbonyl (C=O) groups excluding carboxylic acids is 1. The van der Waals surface area contributed by atoms with Crippen molar-refractivity contribution in [3.05, 3.63) is 65.1 Å². The topological polar surface area (TPSA) is 71.6 Å². The monoisotopic (exact) mass is 504 g/mol. The highest BCUT2D eigenvalue weighted by Crippen LogP contribution is 2.42. The Morgan fingerprint density at radius 2 is 1.95 bits per heavy atom. The molecule has 0 spiro atoms. The Bertz CT molecular complexity index is 1280. The number of halogens is 1. The number of nitrogens with one attached hydrogen (secondary N) is 2. The predicted molar refractivity (Wildman–Crippen MR) is 144 cm³/mol. The molecule has 4 heterocycles. The number of aliphatic hydroxyl groups excluding tert-OH is 1. The first-order valence-corrected chi connectivity index (χ1v) is 13.8. The minimum Gasteiger partial charge on any atom is -0.391 e. The molecule has 3 atom stereocenters. The van der Waals surface area contributed by atoms with Gasteiger partial charge in [-0.3, -0.25) is 4.79 Å². The molecule has 6 rings (SSSR count). The van der Waals surface area contributed by atoms with Gasteiger partial charge in [0.2, 0.25) is 0 Å². The van der Waals surface area contributed by atoms with Gasteiger partial charge in [0.1, 0.15) is 11.5 Å². The first kappa shape index (κ1) is 24.4. The molecule has 1 aromatic heterocycles. The molecular formula is C30H37FN4O2. The third kappa shape index (κ3) is 4.87. The Balaban J connectivity index is 0.971. The average molecular weight is 505 g/mol. The maximum absolute atomic E-state index is 13.5. The first-order valence-electron chi connectivity index (χ1n) is 13.8. The summed E-state index contributed by atoms with van der Waals surface area (Å²) in [7, 11) is 0. The molecule has 1 amide bonds. The zero-order valence-corrected chi connectivity index (χ0v) is 21.5. The summed E-state index contributed by atoms with van der Waals surface area (Å²) in [5.41, 5.74) is 5.25. The van der Waals surface area contributed by atoms with Crippen LogP contribution in [-0.4, -0.2) is 71.2 Å². The van der Waals surface area contributed by atoms with E-state index in [4.69, 9.17) is 0 Å². The summed E-state index contributed by atoms with van der Waals surface area (Å²) in [6, 6.07) is 12.8. The van der Waals surface area contributed by atoms with Crippen LogP contribution >= 0.6 is 0 Å². The van der Waals surface area contributed by atoms with Crippen molar-refractivity contribution in [3.63, 3.8) is 0 Å². The smallest absolute Gasteiger partial charge is 0.270 e. The molecule has 2 unspecified atom stereocenters. The standard InChI is InChI=1S/C30H37FN4O2/c1-19-3-2-4-24-25(17-32-29(19)24)23-10-12-34(18-28(23)36)11-7-20-8-13-35(14-9-20)30(37)27-16-21-15-22(31)5-6-26(21)33-27/h2-6,15-16,20,23,25,28,32-33,36H,7-14,17-18H2,1H3/t23-,25?,28?/m1/s1. The van der Waals surface area contributed by atoms with E-state index in [2.05, 4.69) is 40.3 Å². The normalized spacial score (nSPS) is 24.8. The van der Waals surface area contributed by atoms with Crippen LogP contribution < -0.4 is 5.32 Å². The number of likely N-dealkylation sites (tertiary alicyclic amines) is 2. The van der Waals surface area contributed by atoms with Crippen LogP contribution in [0, 0.1) is 24.6 Å². The van der Waals surface area contributed by atoms with E-state index < -0.39 is 0 Å². The Morgan fingerprint density at radius 3 is 2.76 bits per heavy atom. The third-order valence-electron chi connectivity index (χ3n) is 9.01. The fourth-order valence-electron chi connectivity index (χ4n) is 6.81. The number of aliphatic hydroxyl groups is 1. The highest BCUT2D eigenvalue weighted by Gasteiger charge is 2.38. The second kappa shape index (κ2) is 10.1. The number of aryl methyl sites for hydroxylation is 1.